The predicted octanol–water partition coefficient (Wildman–Crippen LogP) is 1.67. The third-order valence-corrected chi connectivity index (χ3v) is 3.26. The first-order valence-electron chi connectivity index (χ1n) is 6.40. The van der Waals surface area contributed by atoms with Crippen molar-refractivity contribution in [3.05, 3.63) is 12.0 Å². The van der Waals surface area contributed by atoms with E-state index in [-0.39, 0.29) is 6.23 Å². The molecule has 0 amide bonds. The Morgan fingerprint density at radius 3 is 3.11 bits per heavy atom. The smallest absolute Gasteiger partial charge is 0.166 e. The lowest BCUT2D eigenvalue weighted by Gasteiger charge is -2.10. The van der Waals surface area contributed by atoms with Crippen LogP contribution in [0.3, 0.4) is 0 Å². The number of anilines is 1. The highest BCUT2D eigenvalue weighted by molar-refractivity contribution is 5.88. The Hall–Kier alpha value is -1.69. The van der Waals surface area contributed by atoms with Crippen LogP contribution in [0.2, 0.25) is 0 Å². The quantitative estimate of drug-likeness (QED) is 0.892. The van der Waals surface area contributed by atoms with Gasteiger partial charge in [-0.3, -0.25) is 0 Å². The standard InChI is InChI=1S/C12H17N5O/c1-2-4-8-10-11(13)14-7-15-12(10)17(16-8)9-5-3-6-18-9/h7,9H,2-6H2,1H3,(H2,13,14,15). The van der Waals surface area contributed by atoms with Crippen molar-refractivity contribution >= 4 is 16.9 Å². The zero-order valence-electron chi connectivity index (χ0n) is 10.5. The molecule has 6 nitrogen and oxygen atoms in total. The van der Waals surface area contributed by atoms with Gasteiger partial charge in [0.15, 0.2) is 11.9 Å². The molecular formula is C12H17N5O. The lowest BCUT2D eigenvalue weighted by molar-refractivity contribution is 0.0495. The van der Waals surface area contributed by atoms with Crippen LogP contribution >= 0.6 is 0 Å². The van der Waals surface area contributed by atoms with Crippen molar-refractivity contribution < 1.29 is 4.74 Å². The van der Waals surface area contributed by atoms with Crippen molar-refractivity contribution in [2.75, 3.05) is 12.3 Å². The van der Waals surface area contributed by atoms with E-state index in [9.17, 15) is 0 Å². The first kappa shape index (κ1) is 11.4. The molecule has 2 N–H and O–H groups in total. The molecule has 1 aliphatic heterocycles. The molecule has 96 valence electrons. The van der Waals surface area contributed by atoms with Gasteiger partial charge in [-0.1, -0.05) is 13.3 Å². The number of nitrogens with zero attached hydrogens (tertiary/aromatic N) is 4. The van der Waals surface area contributed by atoms with Gasteiger partial charge in [0.2, 0.25) is 0 Å². The summed E-state index contributed by atoms with van der Waals surface area (Å²) < 4.78 is 7.54. The summed E-state index contributed by atoms with van der Waals surface area (Å²) in [5.41, 5.74) is 7.72. The van der Waals surface area contributed by atoms with Crippen molar-refractivity contribution in [2.24, 2.45) is 0 Å². The summed E-state index contributed by atoms with van der Waals surface area (Å²) in [5, 5.41) is 5.52. The van der Waals surface area contributed by atoms with Crippen LogP contribution in [-0.2, 0) is 11.2 Å². The van der Waals surface area contributed by atoms with Gasteiger partial charge in [0, 0.05) is 6.61 Å². The fraction of sp³-hybridized carbons (Fsp3) is 0.583. The zero-order chi connectivity index (χ0) is 12.5. The van der Waals surface area contributed by atoms with E-state index in [1.54, 1.807) is 0 Å². The van der Waals surface area contributed by atoms with Crippen LogP contribution in [0.15, 0.2) is 6.33 Å². The first-order valence-corrected chi connectivity index (χ1v) is 6.40. The number of nitrogens with two attached hydrogens (primary N) is 1. The summed E-state index contributed by atoms with van der Waals surface area (Å²) in [6.45, 7) is 2.91. The highest BCUT2D eigenvalue weighted by Gasteiger charge is 2.23. The molecular weight excluding hydrogens is 230 g/mol. The molecule has 0 aromatic carbocycles. The maximum Gasteiger partial charge on any atom is 0.166 e. The van der Waals surface area contributed by atoms with E-state index in [1.165, 1.54) is 6.33 Å². The normalized spacial score (nSPS) is 19.7. The van der Waals surface area contributed by atoms with E-state index < -0.39 is 0 Å². The molecule has 18 heavy (non-hydrogen) atoms. The summed E-state index contributed by atoms with van der Waals surface area (Å²) >= 11 is 0. The number of hydrogen-bond acceptors (Lipinski definition) is 5. The second-order valence-electron chi connectivity index (χ2n) is 4.57. The van der Waals surface area contributed by atoms with Crippen molar-refractivity contribution in [3.63, 3.8) is 0 Å². The van der Waals surface area contributed by atoms with Crippen LogP contribution in [0, 0.1) is 0 Å². The lowest BCUT2D eigenvalue weighted by atomic mass is 10.2. The Morgan fingerprint density at radius 2 is 2.39 bits per heavy atom. The Balaban J connectivity index is 2.16. The highest BCUT2D eigenvalue weighted by atomic mass is 16.5. The fourth-order valence-electron chi connectivity index (χ4n) is 2.43. The van der Waals surface area contributed by atoms with Crippen molar-refractivity contribution in [1.29, 1.82) is 0 Å². The van der Waals surface area contributed by atoms with E-state index in [0.717, 1.165) is 49.0 Å². The van der Waals surface area contributed by atoms with Gasteiger partial charge in [-0.25, -0.2) is 14.6 Å². The molecule has 1 atom stereocenters. The number of rotatable bonds is 3. The van der Waals surface area contributed by atoms with Gasteiger partial charge in [0.05, 0.1) is 11.1 Å². The van der Waals surface area contributed by atoms with Gasteiger partial charge in [-0.2, -0.15) is 5.10 Å². The van der Waals surface area contributed by atoms with Crippen molar-refractivity contribution in [1.82, 2.24) is 19.7 Å². The number of hydrogen-bond donors (Lipinski definition) is 1. The maximum atomic E-state index is 5.95. The molecule has 1 saturated heterocycles. The van der Waals surface area contributed by atoms with Gasteiger partial charge < -0.3 is 10.5 Å². The summed E-state index contributed by atoms with van der Waals surface area (Å²) in [6.07, 6.45) is 5.43. The first-order chi connectivity index (χ1) is 8.81. The molecule has 1 unspecified atom stereocenters. The van der Waals surface area contributed by atoms with Crippen LogP contribution in [0.4, 0.5) is 5.82 Å². The Kier molecular flexibility index (Phi) is 2.87. The Morgan fingerprint density at radius 1 is 1.50 bits per heavy atom. The van der Waals surface area contributed by atoms with Gasteiger partial charge in [0.1, 0.15) is 12.1 Å². The van der Waals surface area contributed by atoms with E-state index >= 15 is 0 Å². The zero-order valence-corrected chi connectivity index (χ0v) is 10.5. The molecule has 0 spiro atoms. The van der Waals surface area contributed by atoms with Crippen LogP contribution < -0.4 is 5.73 Å². The molecule has 3 heterocycles. The van der Waals surface area contributed by atoms with E-state index in [1.807, 2.05) is 4.68 Å². The Labute approximate surface area is 105 Å². The third-order valence-electron chi connectivity index (χ3n) is 3.26. The minimum Gasteiger partial charge on any atom is -0.383 e. The number of aromatic nitrogens is 4. The molecule has 0 aliphatic carbocycles. The molecule has 2 aromatic rings. The molecule has 3 rings (SSSR count). The maximum absolute atomic E-state index is 5.95. The van der Waals surface area contributed by atoms with Gasteiger partial charge >= 0.3 is 0 Å². The summed E-state index contributed by atoms with van der Waals surface area (Å²) in [5.74, 6) is 0.507. The molecule has 2 aromatic heterocycles. The van der Waals surface area contributed by atoms with Crippen LogP contribution in [0.5, 0.6) is 0 Å². The number of aryl methyl sites for hydroxylation is 1. The topological polar surface area (TPSA) is 78.8 Å². The van der Waals surface area contributed by atoms with Crippen LogP contribution in [0.25, 0.3) is 11.0 Å². The molecule has 1 aliphatic rings. The second-order valence-corrected chi connectivity index (χ2v) is 4.57. The molecule has 0 radical (unpaired) electrons. The third kappa shape index (κ3) is 1.73. The van der Waals surface area contributed by atoms with Gasteiger partial charge in [0.25, 0.3) is 0 Å². The van der Waals surface area contributed by atoms with E-state index in [4.69, 9.17) is 10.5 Å². The largest absolute Gasteiger partial charge is 0.383 e. The lowest BCUT2D eigenvalue weighted by Crippen LogP contribution is -2.10. The highest BCUT2D eigenvalue weighted by Crippen LogP contribution is 2.29. The Bertz CT molecular complexity index is 559. The van der Waals surface area contributed by atoms with Crippen molar-refractivity contribution in [2.45, 2.75) is 38.8 Å². The fourth-order valence-corrected chi connectivity index (χ4v) is 2.43. The SMILES string of the molecule is CCCc1nn(C2CCCO2)c2ncnc(N)c12. The summed E-state index contributed by atoms with van der Waals surface area (Å²) in [6, 6.07) is 0. The minimum absolute atomic E-state index is 0.00703. The molecule has 6 heteroatoms. The number of nitrogen functional groups attached to an aromatic ring is 1. The average Bonchev–Trinajstić information content (AvgIpc) is 2.97. The van der Waals surface area contributed by atoms with Crippen LogP contribution in [-0.4, -0.2) is 26.4 Å². The van der Waals surface area contributed by atoms with Crippen molar-refractivity contribution in [3.8, 4) is 0 Å². The van der Waals surface area contributed by atoms with Crippen LogP contribution in [0.1, 0.15) is 38.1 Å². The monoisotopic (exact) mass is 247 g/mol. The average molecular weight is 247 g/mol. The van der Waals surface area contributed by atoms with Gasteiger partial charge in [-0.15, -0.1) is 0 Å². The van der Waals surface area contributed by atoms with Gasteiger partial charge in [-0.05, 0) is 19.3 Å². The predicted molar refractivity (Wildman–Crippen MR) is 68.0 cm³/mol. The summed E-state index contributed by atoms with van der Waals surface area (Å²) in [4.78, 5) is 8.38. The minimum atomic E-state index is -0.00703. The molecule has 1 fully saturated rings. The van der Waals surface area contributed by atoms with E-state index in [2.05, 4.69) is 22.0 Å². The summed E-state index contributed by atoms with van der Waals surface area (Å²) in [7, 11) is 0. The number of fused-ring (bicyclic) bond motifs is 1. The number of ether oxygens (including phenoxy) is 1. The molecule has 0 bridgehead atoms. The van der Waals surface area contributed by atoms with E-state index in [0.29, 0.717) is 5.82 Å². The second kappa shape index (κ2) is 4.53. The molecule has 0 saturated carbocycles.